The van der Waals surface area contributed by atoms with Crippen molar-refractivity contribution >= 4 is 29.3 Å². The van der Waals surface area contributed by atoms with Gasteiger partial charge in [-0.25, -0.2) is 4.79 Å². The Morgan fingerprint density at radius 1 is 1.17 bits per heavy atom. The lowest BCUT2D eigenvalue weighted by Crippen LogP contribution is -2.53. The molecule has 130 valence electrons. The Balaban J connectivity index is 1.91. The van der Waals surface area contributed by atoms with Crippen molar-refractivity contribution in [2.45, 2.75) is 13.8 Å². The maximum atomic E-state index is 12.2. The first-order chi connectivity index (χ1) is 11.4. The van der Waals surface area contributed by atoms with E-state index in [-0.39, 0.29) is 13.1 Å². The second-order valence-electron chi connectivity index (χ2n) is 5.52. The maximum Gasteiger partial charge on any atom is 0.409 e. The van der Waals surface area contributed by atoms with Gasteiger partial charge in [0.05, 0.1) is 18.0 Å². The highest BCUT2D eigenvalue weighted by molar-refractivity contribution is 6.39. The lowest BCUT2D eigenvalue weighted by atomic mass is 10.2. The van der Waals surface area contributed by atoms with Gasteiger partial charge in [-0.2, -0.15) is 0 Å². The number of anilines is 2. The number of aryl methyl sites for hydroxylation is 1. The SMILES string of the molecule is CCOC(=O)N1CCN(C(=O)C(=O)Nc2cc(C)ccc2N)CC1. The zero-order valence-corrected chi connectivity index (χ0v) is 13.9. The minimum absolute atomic E-state index is 0.286. The van der Waals surface area contributed by atoms with Crippen molar-refractivity contribution < 1.29 is 19.1 Å². The second-order valence-corrected chi connectivity index (χ2v) is 5.52. The molecule has 1 aliphatic rings. The van der Waals surface area contributed by atoms with E-state index in [1.807, 2.05) is 13.0 Å². The number of piperazine rings is 1. The number of nitrogens with one attached hydrogen (secondary N) is 1. The zero-order chi connectivity index (χ0) is 17.7. The summed E-state index contributed by atoms with van der Waals surface area (Å²) in [6.45, 7) is 5.15. The van der Waals surface area contributed by atoms with E-state index in [1.165, 1.54) is 9.80 Å². The van der Waals surface area contributed by atoms with Crippen LogP contribution in [-0.2, 0) is 14.3 Å². The van der Waals surface area contributed by atoms with Gasteiger partial charge in [-0.1, -0.05) is 6.07 Å². The largest absolute Gasteiger partial charge is 0.450 e. The van der Waals surface area contributed by atoms with E-state index in [9.17, 15) is 14.4 Å². The van der Waals surface area contributed by atoms with Gasteiger partial charge in [-0.05, 0) is 31.5 Å². The average molecular weight is 334 g/mol. The molecular formula is C16H22N4O4. The first kappa shape index (κ1) is 17.6. The summed E-state index contributed by atoms with van der Waals surface area (Å²) in [6, 6.07) is 5.20. The molecule has 0 spiro atoms. The minimum Gasteiger partial charge on any atom is -0.450 e. The van der Waals surface area contributed by atoms with Crippen molar-refractivity contribution in [2.75, 3.05) is 43.8 Å². The maximum absolute atomic E-state index is 12.2. The first-order valence-electron chi connectivity index (χ1n) is 7.80. The molecule has 3 amide bonds. The van der Waals surface area contributed by atoms with Crippen molar-refractivity contribution in [3.05, 3.63) is 23.8 Å². The molecule has 0 unspecified atom stereocenters. The van der Waals surface area contributed by atoms with Gasteiger partial charge in [0.25, 0.3) is 0 Å². The van der Waals surface area contributed by atoms with Gasteiger partial charge in [0, 0.05) is 26.2 Å². The summed E-state index contributed by atoms with van der Waals surface area (Å²) in [5.74, 6) is -1.38. The molecular weight excluding hydrogens is 312 g/mol. The molecule has 0 aliphatic carbocycles. The Morgan fingerprint density at radius 3 is 2.42 bits per heavy atom. The van der Waals surface area contributed by atoms with Crippen LogP contribution in [-0.4, -0.2) is 60.5 Å². The van der Waals surface area contributed by atoms with Crippen LogP contribution in [0.1, 0.15) is 12.5 Å². The summed E-state index contributed by atoms with van der Waals surface area (Å²) < 4.78 is 4.92. The Kier molecular flexibility index (Phi) is 5.62. The first-order valence-corrected chi connectivity index (χ1v) is 7.80. The molecule has 24 heavy (non-hydrogen) atoms. The Morgan fingerprint density at radius 2 is 1.79 bits per heavy atom. The fourth-order valence-electron chi connectivity index (χ4n) is 2.40. The lowest BCUT2D eigenvalue weighted by molar-refractivity contribution is -0.144. The van der Waals surface area contributed by atoms with Crippen LogP contribution in [0.25, 0.3) is 0 Å². The van der Waals surface area contributed by atoms with Gasteiger partial charge < -0.3 is 25.6 Å². The minimum atomic E-state index is -0.739. The fourth-order valence-corrected chi connectivity index (χ4v) is 2.40. The average Bonchev–Trinajstić information content (AvgIpc) is 2.57. The molecule has 8 heteroatoms. The molecule has 1 aromatic carbocycles. The van der Waals surface area contributed by atoms with E-state index in [2.05, 4.69) is 5.32 Å². The fraction of sp³-hybridized carbons (Fsp3) is 0.438. The molecule has 0 bridgehead atoms. The van der Waals surface area contributed by atoms with E-state index in [0.29, 0.717) is 31.1 Å². The second kappa shape index (κ2) is 7.67. The van der Waals surface area contributed by atoms with Crippen LogP contribution in [0.2, 0.25) is 0 Å². The number of nitrogens with two attached hydrogens (primary N) is 1. The quantitative estimate of drug-likeness (QED) is 0.615. The number of amides is 3. The van der Waals surface area contributed by atoms with Crippen LogP contribution in [0.15, 0.2) is 18.2 Å². The predicted octanol–water partition coefficient (Wildman–Crippen LogP) is 0.816. The standard InChI is InChI=1S/C16H22N4O4/c1-3-24-16(23)20-8-6-19(7-9-20)15(22)14(21)18-13-10-11(2)4-5-12(13)17/h4-5,10H,3,6-9,17H2,1-2H3,(H,18,21). The number of benzene rings is 1. The molecule has 0 atom stereocenters. The number of nitrogen functional groups attached to an aromatic ring is 1. The molecule has 1 aliphatic heterocycles. The third kappa shape index (κ3) is 4.15. The van der Waals surface area contributed by atoms with Crippen LogP contribution in [0, 0.1) is 6.92 Å². The van der Waals surface area contributed by atoms with Gasteiger partial charge in [0.2, 0.25) is 0 Å². The van der Waals surface area contributed by atoms with Gasteiger partial charge in [0.1, 0.15) is 0 Å². The molecule has 1 heterocycles. The molecule has 1 saturated heterocycles. The van der Waals surface area contributed by atoms with Crippen LogP contribution < -0.4 is 11.1 Å². The summed E-state index contributed by atoms with van der Waals surface area (Å²) in [5.41, 5.74) is 7.54. The number of hydrogen-bond acceptors (Lipinski definition) is 5. The molecule has 0 aromatic heterocycles. The van der Waals surface area contributed by atoms with E-state index in [0.717, 1.165) is 5.56 Å². The lowest BCUT2D eigenvalue weighted by Gasteiger charge is -2.33. The summed E-state index contributed by atoms with van der Waals surface area (Å²) >= 11 is 0. The predicted molar refractivity (Wildman–Crippen MR) is 89.4 cm³/mol. The molecule has 8 nitrogen and oxygen atoms in total. The van der Waals surface area contributed by atoms with Crippen LogP contribution in [0.3, 0.4) is 0 Å². The van der Waals surface area contributed by atoms with Gasteiger partial charge in [-0.15, -0.1) is 0 Å². The monoisotopic (exact) mass is 334 g/mol. The van der Waals surface area contributed by atoms with Crippen LogP contribution >= 0.6 is 0 Å². The molecule has 0 radical (unpaired) electrons. The van der Waals surface area contributed by atoms with E-state index in [1.54, 1.807) is 19.1 Å². The number of carbonyl (C=O) groups excluding carboxylic acids is 3. The number of nitrogens with zero attached hydrogens (tertiary/aromatic N) is 2. The van der Waals surface area contributed by atoms with Crippen molar-refractivity contribution in [3.63, 3.8) is 0 Å². The third-order valence-corrected chi connectivity index (χ3v) is 3.74. The van der Waals surface area contributed by atoms with Gasteiger partial charge in [0.15, 0.2) is 0 Å². The van der Waals surface area contributed by atoms with Crippen molar-refractivity contribution in [1.82, 2.24) is 9.80 Å². The number of carbonyl (C=O) groups is 3. The highest BCUT2D eigenvalue weighted by atomic mass is 16.6. The molecule has 0 saturated carbocycles. The third-order valence-electron chi connectivity index (χ3n) is 3.74. The van der Waals surface area contributed by atoms with Gasteiger partial charge in [-0.3, -0.25) is 9.59 Å². The van der Waals surface area contributed by atoms with Crippen molar-refractivity contribution in [3.8, 4) is 0 Å². The van der Waals surface area contributed by atoms with Crippen molar-refractivity contribution in [2.24, 2.45) is 0 Å². The summed E-state index contributed by atoms with van der Waals surface area (Å²) in [7, 11) is 0. The van der Waals surface area contributed by atoms with Gasteiger partial charge >= 0.3 is 17.9 Å². The molecule has 1 aromatic rings. The summed E-state index contributed by atoms with van der Waals surface area (Å²) in [4.78, 5) is 38.9. The summed E-state index contributed by atoms with van der Waals surface area (Å²) in [6.07, 6.45) is -0.401. The Bertz CT molecular complexity index is 639. The molecule has 2 rings (SSSR count). The molecule has 3 N–H and O–H groups in total. The van der Waals surface area contributed by atoms with Crippen molar-refractivity contribution in [1.29, 1.82) is 0 Å². The smallest absolute Gasteiger partial charge is 0.409 e. The van der Waals surface area contributed by atoms with E-state index in [4.69, 9.17) is 10.5 Å². The normalized spacial score (nSPS) is 14.2. The highest BCUT2D eigenvalue weighted by Gasteiger charge is 2.28. The zero-order valence-electron chi connectivity index (χ0n) is 13.9. The Hall–Kier alpha value is -2.77. The number of rotatable bonds is 2. The van der Waals surface area contributed by atoms with Crippen LogP contribution in [0.5, 0.6) is 0 Å². The molecule has 1 fully saturated rings. The highest BCUT2D eigenvalue weighted by Crippen LogP contribution is 2.19. The number of ether oxygens (including phenoxy) is 1. The number of hydrogen-bond donors (Lipinski definition) is 2. The van der Waals surface area contributed by atoms with E-state index < -0.39 is 17.9 Å². The topological polar surface area (TPSA) is 105 Å². The van der Waals surface area contributed by atoms with Crippen LogP contribution in [0.4, 0.5) is 16.2 Å². The Labute approximate surface area is 140 Å². The van der Waals surface area contributed by atoms with E-state index >= 15 is 0 Å². The summed E-state index contributed by atoms with van der Waals surface area (Å²) in [5, 5.41) is 2.54.